The van der Waals surface area contributed by atoms with Crippen LogP contribution < -0.4 is 5.32 Å². The summed E-state index contributed by atoms with van der Waals surface area (Å²) in [5, 5.41) is 7.69. The quantitative estimate of drug-likeness (QED) is 0.806. The number of hydrogen-bond acceptors (Lipinski definition) is 2. The number of nitrogens with one attached hydrogen (secondary N) is 1. The number of aryl methyl sites for hydroxylation is 1. The van der Waals surface area contributed by atoms with Gasteiger partial charge in [0.2, 0.25) is 0 Å². The van der Waals surface area contributed by atoms with Crippen molar-refractivity contribution < 1.29 is 4.79 Å². The third kappa shape index (κ3) is 2.54. The van der Waals surface area contributed by atoms with E-state index in [1.54, 1.807) is 0 Å². The van der Waals surface area contributed by atoms with Crippen LogP contribution in [-0.2, 0) is 0 Å². The van der Waals surface area contributed by atoms with Gasteiger partial charge in [0.15, 0.2) is 5.82 Å². The largest absolute Gasteiger partial charge is 0.349 e. The van der Waals surface area contributed by atoms with Crippen LogP contribution >= 0.6 is 0 Å². The molecule has 2 heterocycles. The molecule has 1 fully saturated rings. The predicted octanol–water partition coefficient (Wildman–Crippen LogP) is 2.86. The lowest BCUT2D eigenvalue weighted by Gasteiger charge is -2.11. The molecule has 4 rings (SSSR count). The second-order valence-corrected chi connectivity index (χ2v) is 5.87. The number of hydrogen-bond donors (Lipinski definition) is 1. The van der Waals surface area contributed by atoms with Gasteiger partial charge in [-0.1, -0.05) is 18.2 Å². The van der Waals surface area contributed by atoms with E-state index in [1.165, 1.54) is 0 Å². The van der Waals surface area contributed by atoms with Gasteiger partial charge in [-0.2, -0.15) is 5.10 Å². The summed E-state index contributed by atoms with van der Waals surface area (Å²) in [7, 11) is 0. The summed E-state index contributed by atoms with van der Waals surface area (Å²) in [6.45, 7) is 1.88. The van der Waals surface area contributed by atoms with E-state index in [2.05, 4.69) is 10.4 Å². The summed E-state index contributed by atoms with van der Waals surface area (Å²) < 4.78 is 3.77. The van der Waals surface area contributed by atoms with Gasteiger partial charge >= 0.3 is 0 Å². The molecule has 5 nitrogen and oxygen atoms in total. The first-order valence-electron chi connectivity index (χ1n) is 7.83. The zero-order valence-electron chi connectivity index (χ0n) is 12.9. The van der Waals surface area contributed by atoms with Crippen molar-refractivity contribution >= 4 is 5.91 Å². The molecule has 0 unspecified atom stereocenters. The summed E-state index contributed by atoms with van der Waals surface area (Å²) in [6, 6.07) is 14.1. The third-order valence-corrected chi connectivity index (χ3v) is 4.03. The molecule has 116 valence electrons. The summed E-state index contributed by atoms with van der Waals surface area (Å²) >= 11 is 0. The van der Waals surface area contributed by atoms with Crippen molar-refractivity contribution in [1.29, 1.82) is 0 Å². The minimum absolute atomic E-state index is 0.0455. The monoisotopic (exact) mass is 306 g/mol. The van der Waals surface area contributed by atoms with E-state index in [0.29, 0.717) is 11.6 Å². The highest BCUT2D eigenvalue weighted by Gasteiger charge is 2.29. The fraction of sp³-hybridized carbons (Fsp3) is 0.222. The number of benzene rings is 1. The average molecular weight is 306 g/mol. The van der Waals surface area contributed by atoms with E-state index in [1.807, 2.05) is 71.0 Å². The molecule has 0 saturated heterocycles. The minimum atomic E-state index is -0.0455. The Kier molecular flexibility index (Phi) is 3.26. The van der Waals surface area contributed by atoms with Crippen LogP contribution in [-0.4, -0.2) is 26.3 Å². The molecule has 1 aromatic carbocycles. The summed E-state index contributed by atoms with van der Waals surface area (Å²) in [5.74, 6) is 0.729. The van der Waals surface area contributed by atoms with Gasteiger partial charge in [0.25, 0.3) is 5.91 Å². The van der Waals surface area contributed by atoms with E-state index < -0.39 is 0 Å². The summed E-state index contributed by atoms with van der Waals surface area (Å²) in [4.78, 5) is 12.7. The first kappa shape index (κ1) is 13.8. The number of aromatic nitrogens is 3. The number of para-hydroxylation sites is 1. The van der Waals surface area contributed by atoms with Crippen LogP contribution in [0.25, 0.3) is 11.5 Å². The Morgan fingerprint density at radius 2 is 1.83 bits per heavy atom. The smallest absolute Gasteiger partial charge is 0.257 e. The lowest BCUT2D eigenvalue weighted by atomic mass is 10.2. The third-order valence-electron chi connectivity index (χ3n) is 4.03. The molecule has 1 aliphatic rings. The Bertz CT molecular complexity index is 830. The normalized spacial score (nSPS) is 14.0. The van der Waals surface area contributed by atoms with Crippen LogP contribution in [0.15, 0.2) is 54.9 Å². The molecule has 0 radical (unpaired) electrons. The summed E-state index contributed by atoms with van der Waals surface area (Å²) in [5.41, 5.74) is 2.30. The first-order valence-corrected chi connectivity index (χ1v) is 7.83. The maximum absolute atomic E-state index is 12.7. The molecule has 1 N–H and O–H groups in total. The fourth-order valence-electron chi connectivity index (χ4n) is 2.73. The van der Waals surface area contributed by atoms with Crippen LogP contribution in [0.1, 0.15) is 28.9 Å². The van der Waals surface area contributed by atoms with Crippen LogP contribution in [0.4, 0.5) is 0 Å². The average Bonchev–Trinajstić information content (AvgIpc) is 3.09. The second kappa shape index (κ2) is 5.43. The SMILES string of the molecule is Cc1nn(-c2ccccc2)c(-n2cccc2)c1C(=O)NC1CC1. The van der Waals surface area contributed by atoms with Crippen molar-refractivity contribution in [1.82, 2.24) is 19.7 Å². The highest BCUT2D eigenvalue weighted by atomic mass is 16.1. The van der Waals surface area contributed by atoms with Gasteiger partial charge in [0.05, 0.1) is 11.4 Å². The molecule has 0 atom stereocenters. The standard InChI is InChI=1S/C18H18N4O/c1-13-16(17(23)19-14-9-10-14)18(21-11-5-6-12-21)22(20-13)15-7-3-2-4-8-15/h2-8,11-12,14H,9-10H2,1H3,(H,19,23). The minimum Gasteiger partial charge on any atom is -0.349 e. The zero-order chi connectivity index (χ0) is 15.8. The van der Waals surface area contributed by atoms with Gasteiger partial charge in [-0.25, -0.2) is 4.68 Å². The predicted molar refractivity (Wildman–Crippen MR) is 88.1 cm³/mol. The van der Waals surface area contributed by atoms with Crippen molar-refractivity contribution in [2.45, 2.75) is 25.8 Å². The number of rotatable bonds is 4. The Balaban J connectivity index is 1.88. The van der Waals surface area contributed by atoms with Gasteiger partial charge in [-0.05, 0) is 44.0 Å². The molecule has 3 aromatic rings. The summed E-state index contributed by atoms with van der Waals surface area (Å²) in [6.07, 6.45) is 6.00. The molecule has 0 aliphatic heterocycles. The maximum atomic E-state index is 12.7. The first-order chi connectivity index (χ1) is 11.2. The molecule has 1 amide bonds. The molecule has 1 saturated carbocycles. The zero-order valence-corrected chi connectivity index (χ0v) is 12.9. The molecule has 0 spiro atoms. The fourth-order valence-corrected chi connectivity index (χ4v) is 2.73. The van der Waals surface area contributed by atoms with E-state index in [0.717, 1.165) is 30.0 Å². The molecule has 1 aliphatic carbocycles. The Morgan fingerprint density at radius 3 is 2.48 bits per heavy atom. The Hall–Kier alpha value is -2.82. The maximum Gasteiger partial charge on any atom is 0.257 e. The highest BCUT2D eigenvalue weighted by Crippen LogP contribution is 2.25. The molecule has 0 bridgehead atoms. The van der Waals surface area contributed by atoms with Crippen molar-refractivity contribution in [2.24, 2.45) is 0 Å². The van der Waals surface area contributed by atoms with E-state index >= 15 is 0 Å². The molecular formula is C18H18N4O. The van der Waals surface area contributed by atoms with E-state index in [-0.39, 0.29) is 5.91 Å². The second-order valence-electron chi connectivity index (χ2n) is 5.87. The molecule has 23 heavy (non-hydrogen) atoms. The Morgan fingerprint density at radius 1 is 1.13 bits per heavy atom. The van der Waals surface area contributed by atoms with Gasteiger partial charge in [0.1, 0.15) is 5.56 Å². The molecule has 5 heteroatoms. The molecule has 2 aromatic heterocycles. The van der Waals surface area contributed by atoms with Crippen LogP contribution in [0.2, 0.25) is 0 Å². The van der Waals surface area contributed by atoms with Gasteiger partial charge < -0.3 is 9.88 Å². The van der Waals surface area contributed by atoms with Crippen molar-refractivity contribution in [2.75, 3.05) is 0 Å². The molecular weight excluding hydrogens is 288 g/mol. The van der Waals surface area contributed by atoms with Gasteiger partial charge in [0, 0.05) is 18.4 Å². The van der Waals surface area contributed by atoms with Crippen LogP contribution in [0.5, 0.6) is 0 Å². The van der Waals surface area contributed by atoms with Crippen molar-refractivity contribution in [3.63, 3.8) is 0 Å². The number of amides is 1. The lowest BCUT2D eigenvalue weighted by molar-refractivity contribution is 0.0950. The number of nitrogens with zero attached hydrogens (tertiary/aromatic N) is 3. The lowest BCUT2D eigenvalue weighted by Crippen LogP contribution is -2.27. The van der Waals surface area contributed by atoms with Crippen LogP contribution in [0.3, 0.4) is 0 Å². The van der Waals surface area contributed by atoms with E-state index in [9.17, 15) is 4.79 Å². The van der Waals surface area contributed by atoms with E-state index in [4.69, 9.17) is 0 Å². The van der Waals surface area contributed by atoms with Crippen molar-refractivity contribution in [3.05, 3.63) is 66.1 Å². The Labute approximate surface area is 134 Å². The highest BCUT2D eigenvalue weighted by molar-refractivity contribution is 5.99. The number of carbonyl (C=O) groups excluding carboxylic acids is 1. The van der Waals surface area contributed by atoms with Gasteiger partial charge in [-0.15, -0.1) is 0 Å². The van der Waals surface area contributed by atoms with Crippen LogP contribution in [0, 0.1) is 6.92 Å². The number of carbonyl (C=O) groups is 1. The topological polar surface area (TPSA) is 51.9 Å². The van der Waals surface area contributed by atoms with Crippen molar-refractivity contribution in [3.8, 4) is 11.5 Å². The van der Waals surface area contributed by atoms with Gasteiger partial charge in [-0.3, -0.25) is 4.79 Å².